The molecule has 1 amide bonds. The molecule has 9 heteroatoms. The third kappa shape index (κ3) is 3.74. The molecule has 0 aliphatic carbocycles. The maximum atomic E-state index is 11.9. The third-order valence-electron chi connectivity index (χ3n) is 2.67. The van der Waals surface area contributed by atoms with E-state index in [9.17, 15) is 18.0 Å². The van der Waals surface area contributed by atoms with Gasteiger partial charge in [0.2, 0.25) is 10.0 Å². The summed E-state index contributed by atoms with van der Waals surface area (Å²) in [6.45, 7) is 2.75. The average molecular weight is 306 g/mol. The average Bonchev–Trinajstić information content (AvgIpc) is 2.89. The molecule has 19 heavy (non-hydrogen) atoms. The first-order valence-corrected chi connectivity index (χ1v) is 7.80. The maximum absolute atomic E-state index is 11.9. The second-order valence-corrected chi connectivity index (χ2v) is 6.62. The number of hydrogen-bond acceptors (Lipinski definition) is 7. The van der Waals surface area contributed by atoms with Crippen molar-refractivity contribution in [3.05, 3.63) is 16.6 Å². The van der Waals surface area contributed by atoms with Crippen molar-refractivity contribution < 1.29 is 22.7 Å². The van der Waals surface area contributed by atoms with Crippen molar-refractivity contribution in [3.8, 4) is 0 Å². The van der Waals surface area contributed by atoms with E-state index < -0.39 is 33.1 Å². The fourth-order valence-electron chi connectivity index (χ4n) is 1.25. The van der Waals surface area contributed by atoms with Crippen LogP contribution in [-0.2, 0) is 19.6 Å². The van der Waals surface area contributed by atoms with E-state index in [1.165, 1.54) is 43.2 Å². The van der Waals surface area contributed by atoms with E-state index in [4.69, 9.17) is 0 Å². The molecule has 1 aromatic heterocycles. The van der Waals surface area contributed by atoms with Gasteiger partial charge in [-0.05, 0) is 6.92 Å². The van der Waals surface area contributed by atoms with Crippen LogP contribution in [0.1, 0.15) is 24.3 Å². The van der Waals surface area contributed by atoms with Gasteiger partial charge in [-0.25, -0.2) is 18.1 Å². The number of hydrogen-bond donors (Lipinski definition) is 1. The van der Waals surface area contributed by atoms with Crippen molar-refractivity contribution in [3.63, 3.8) is 0 Å². The first kappa shape index (κ1) is 15.6. The number of amides is 1. The first-order chi connectivity index (χ1) is 8.79. The summed E-state index contributed by atoms with van der Waals surface area (Å²) in [6.07, 6.45) is 0. The lowest BCUT2D eigenvalue weighted by atomic mass is 10.1. The number of nitrogens with one attached hydrogen (secondary N) is 1. The predicted molar refractivity (Wildman–Crippen MR) is 69.1 cm³/mol. The topological polar surface area (TPSA) is 102 Å². The highest BCUT2D eigenvalue weighted by Crippen LogP contribution is 2.13. The van der Waals surface area contributed by atoms with E-state index >= 15 is 0 Å². The van der Waals surface area contributed by atoms with Crippen molar-refractivity contribution in [2.45, 2.75) is 19.1 Å². The summed E-state index contributed by atoms with van der Waals surface area (Å²) < 4.78 is 30.2. The lowest BCUT2D eigenvalue weighted by Crippen LogP contribution is -2.42. The van der Waals surface area contributed by atoms with Crippen LogP contribution < -0.4 is 4.72 Å². The molecule has 1 heterocycles. The van der Waals surface area contributed by atoms with Gasteiger partial charge >= 0.3 is 5.97 Å². The summed E-state index contributed by atoms with van der Waals surface area (Å²) in [5, 5.41) is 0.335. The van der Waals surface area contributed by atoms with Crippen LogP contribution >= 0.6 is 11.3 Å². The number of aromatic nitrogens is 1. The van der Waals surface area contributed by atoms with Gasteiger partial charge in [0.15, 0.2) is 0 Å². The van der Waals surface area contributed by atoms with Gasteiger partial charge in [-0.3, -0.25) is 9.59 Å². The van der Waals surface area contributed by atoms with E-state index in [1.807, 2.05) is 4.72 Å². The normalized spacial score (nSPS) is 14.5. The van der Waals surface area contributed by atoms with E-state index in [-0.39, 0.29) is 5.69 Å². The zero-order valence-electron chi connectivity index (χ0n) is 10.6. The number of rotatable bonds is 5. The molecule has 0 aliphatic rings. The van der Waals surface area contributed by atoms with Gasteiger partial charge in [0.1, 0.15) is 5.69 Å². The fourth-order valence-corrected chi connectivity index (χ4v) is 2.97. The molecule has 0 aromatic carbocycles. The fraction of sp³-hybridized carbons (Fsp3) is 0.500. The van der Waals surface area contributed by atoms with Crippen LogP contribution in [0.5, 0.6) is 0 Å². The number of thiazole rings is 1. The molecule has 2 unspecified atom stereocenters. The molecule has 1 aromatic rings. The summed E-state index contributed by atoms with van der Waals surface area (Å²) in [5.74, 6) is -2.35. The minimum Gasteiger partial charge on any atom is -0.469 e. The second-order valence-electron chi connectivity index (χ2n) is 3.87. The molecule has 106 valence electrons. The molecule has 7 nitrogen and oxygen atoms in total. The van der Waals surface area contributed by atoms with Crippen molar-refractivity contribution >= 4 is 33.2 Å². The van der Waals surface area contributed by atoms with E-state index in [0.717, 1.165) is 0 Å². The summed E-state index contributed by atoms with van der Waals surface area (Å²) in [5.41, 5.74) is 1.44. The number of carbonyl (C=O) groups excluding carboxylic acids is 2. The zero-order valence-corrected chi connectivity index (χ0v) is 12.2. The Hall–Kier alpha value is -1.48. The maximum Gasteiger partial charge on any atom is 0.309 e. The Labute approximate surface area is 115 Å². The Bertz CT molecular complexity index is 552. The van der Waals surface area contributed by atoms with Gasteiger partial charge in [0, 0.05) is 5.38 Å². The minimum atomic E-state index is -3.98. The number of carbonyl (C=O) groups is 2. The third-order valence-corrected chi connectivity index (χ3v) is 5.11. The van der Waals surface area contributed by atoms with Gasteiger partial charge in [-0.2, -0.15) is 0 Å². The van der Waals surface area contributed by atoms with E-state index in [1.54, 1.807) is 0 Å². The Kier molecular flexibility index (Phi) is 5.01. The molecular formula is C10H14N2O5S2. The van der Waals surface area contributed by atoms with Crippen molar-refractivity contribution in [2.75, 3.05) is 7.11 Å². The van der Waals surface area contributed by atoms with Gasteiger partial charge < -0.3 is 4.74 Å². The molecule has 0 aliphatic heterocycles. The SMILES string of the molecule is COC(=O)C(C)C(C)S(=O)(=O)NC(=O)c1cscn1. The number of ether oxygens (including phenoxy) is 1. The molecule has 0 radical (unpaired) electrons. The lowest BCUT2D eigenvalue weighted by Gasteiger charge is -2.18. The minimum absolute atomic E-state index is 0.0199. The van der Waals surface area contributed by atoms with E-state index in [0.29, 0.717) is 0 Å². The number of esters is 1. The molecule has 0 saturated carbocycles. The van der Waals surface area contributed by atoms with Crippen LogP contribution in [0.3, 0.4) is 0 Å². The number of methoxy groups -OCH3 is 1. The monoisotopic (exact) mass is 306 g/mol. The predicted octanol–water partition coefficient (Wildman–Crippen LogP) is 0.400. The molecule has 0 spiro atoms. The van der Waals surface area contributed by atoms with Crippen molar-refractivity contribution in [1.29, 1.82) is 0 Å². The highest BCUT2D eigenvalue weighted by Gasteiger charge is 2.33. The standard InChI is InChI=1S/C10H14N2O5S2/c1-6(10(14)17-3)7(2)19(15,16)12-9(13)8-4-18-5-11-8/h4-7H,1-3H3,(H,12,13). The largest absolute Gasteiger partial charge is 0.469 e. The molecule has 0 saturated heterocycles. The van der Waals surface area contributed by atoms with Gasteiger partial charge in [0.25, 0.3) is 5.91 Å². The van der Waals surface area contributed by atoms with Crippen molar-refractivity contribution in [1.82, 2.24) is 9.71 Å². The Balaban J connectivity index is 2.81. The Morgan fingerprint density at radius 2 is 2.05 bits per heavy atom. The molecule has 1 rings (SSSR count). The van der Waals surface area contributed by atoms with Crippen LogP contribution in [0.2, 0.25) is 0 Å². The van der Waals surface area contributed by atoms with E-state index in [2.05, 4.69) is 9.72 Å². The zero-order chi connectivity index (χ0) is 14.6. The molecule has 1 N–H and O–H groups in total. The van der Waals surface area contributed by atoms with Crippen LogP contribution in [0.15, 0.2) is 10.9 Å². The summed E-state index contributed by atoms with van der Waals surface area (Å²) in [4.78, 5) is 26.6. The molecule has 0 fully saturated rings. The summed E-state index contributed by atoms with van der Waals surface area (Å²) >= 11 is 1.18. The van der Waals surface area contributed by atoms with Gasteiger partial charge in [-0.1, -0.05) is 6.92 Å². The highest BCUT2D eigenvalue weighted by atomic mass is 32.2. The smallest absolute Gasteiger partial charge is 0.309 e. The van der Waals surface area contributed by atoms with Crippen LogP contribution in [0.25, 0.3) is 0 Å². The van der Waals surface area contributed by atoms with Gasteiger partial charge in [0.05, 0.1) is 23.8 Å². The van der Waals surface area contributed by atoms with Gasteiger partial charge in [-0.15, -0.1) is 11.3 Å². The van der Waals surface area contributed by atoms with Crippen LogP contribution in [-0.4, -0.2) is 37.6 Å². The number of sulfonamides is 1. The molecule has 0 bridgehead atoms. The summed E-state index contributed by atoms with van der Waals surface area (Å²) in [7, 11) is -2.80. The quantitative estimate of drug-likeness (QED) is 0.790. The molecular weight excluding hydrogens is 292 g/mol. The number of nitrogens with zero attached hydrogens (tertiary/aromatic N) is 1. The Morgan fingerprint density at radius 3 is 2.53 bits per heavy atom. The van der Waals surface area contributed by atoms with Crippen LogP contribution in [0.4, 0.5) is 0 Å². The second kappa shape index (κ2) is 6.11. The lowest BCUT2D eigenvalue weighted by molar-refractivity contribution is -0.144. The summed E-state index contributed by atoms with van der Waals surface area (Å²) in [6, 6.07) is 0. The first-order valence-electron chi connectivity index (χ1n) is 5.31. The van der Waals surface area contributed by atoms with Crippen LogP contribution in [0, 0.1) is 5.92 Å². The van der Waals surface area contributed by atoms with Crippen molar-refractivity contribution in [2.24, 2.45) is 5.92 Å². The Morgan fingerprint density at radius 1 is 1.42 bits per heavy atom. The molecule has 2 atom stereocenters. The highest BCUT2D eigenvalue weighted by molar-refractivity contribution is 7.90.